The molecule has 0 aliphatic carbocycles. The third-order valence-electron chi connectivity index (χ3n) is 15.8. The molecule has 6 heterocycles. The van der Waals surface area contributed by atoms with Gasteiger partial charge < -0.3 is 139 Å². The number of aliphatic hydroxyl groups is 12. The Bertz CT molecular complexity index is 2790. The van der Waals surface area contributed by atoms with E-state index in [1.54, 1.807) is 30.3 Å². The normalized spacial score (nSPS) is 37.3. The van der Waals surface area contributed by atoms with Crippen LogP contribution in [0.5, 0.6) is 5.75 Å². The number of guanidine groups is 2. The van der Waals surface area contributed by atoms with Crippen LogP contribution in [0.3, 0.4) is 0 Å². The monoisotopic (exact) mass is 1250 g/mol. The van der Waals surface area contributed by atoms with Crippen molar-refractivity contribution in [1.29, 1.82) is 0 Å². The van der Waals surface area contributed by atoms with E-state index >= 15 is 0 Å². The number of nitrogens with zero attached hydrogens (tertiary/aromatic N) is 3. The molecule has 2 aromatic rings. The molecule has 22 atom stereocenters. The number of amides is 6. The zero-order chi connectivity index (χ0) is 63.7. The van der Waals surface area contributed by atoms with Gasteiger partial charge in [-0.05, 0) is 36.1 Å². The summed E-state index contributed by atoms with van der Waals surface area (Å²) in [7, 11) is 0. The molecule has 35 heteroatoms. The van der Waals surface area contributed by atoms with Crippen LogP contribution in [-0.2, 0) is 60.6 Å². The molecule has 0 bridgehead atoms. The van der Waals surface area contributed by atoms with Crippen LogP contribution in [0.1, 0.15) is 24.0 Å². The molecule has 88 heavy (non-hydrogen) atoms. The van der Waals surface area contributed by atoms with Gasteiger partial charge in [-0.25, -0.2) is 0 Å². The molecule has 2 aromatic carbocycles. The minimum Gasteiger partial charge on any atom is -0.462 e. The molecule has 0 radical (unpaired) electrons. The smallest absolute Gasteiger partial charge is 0.245 e. The average Bonchev–Trinajstić information content (AvgIpc) is 2.51. The van der Waals surface area contributed by atoms with Crippen molar-refractivity contribution < 1.29 is 114 Å². The number of hydrogen-bond acceptors (Lipinski definition) is 29. The van der Waals surface area contributed by atoms with Crippen molar-refractivity contribution in [2.75, 3.05) is 46.1 Å². The first-order chi connectivity index (χ1) is 42.0. The minimum absolute atomic E-state index is 0.00216. The Morgan fingerprint density at radius 2 is 1.05 bits per heavy atom. The minimum atomic E-state index is -1.92. The van der Waals surface area contributed by atoms with Crippen LogP contribution in [0.25, 0.3) is 0 Å². The second-order valence-electron chi connectivity index (χ2n) is 21.9. The Morgan fingerprint density at radius 3 is 1.65 bits per heavy atom. The Morgan fingerprint density at radius 1 is 0.511 bits per heavy atom. The lowest BCUT2D eigenvalue weighted by Gasteiger charge is -2.45. The molecule has 0 aromatic heterocycles. The highest BCUT2D eigenvalue weighted by Crippen LogP contribution is 2.32. The van der Waals surface area contributed by atoms with E-state index in [1.807, 2.05) is 0 Å². The first-order valence-corrected chi connectivity index (χ1v) is 28.2. The van der Waals surface area contributed by atoms with Crippen LogP contribution in [0.4, 0.5) is 0 Å². The fraction of sp³-hybridized carbons (Fsp3) is 0.623. The first-order valence-electron chi connectivity index (χ1n) is 28.2. The number of carbonyl (C=O) groups is 6. The predicted octanol–water partition coefficient (Wildman–Crippen LogP) is -12.1. The largest absolute Gasteiger partial charge is 0.462 e. The van der Waals surface area contributed by atoms with Crippen molar-refractivity contribution in [3.05, 3.63) is 65.7 Å². The van der Waals surface area contributed by atoms with Gasteiger partial charge in [0.05, 0.1) is 58.1 Å². The lowest BCUT2D eigenvalue weighted by atomic mass is 9.96. The van der Waals surface area contributed by atoms with E-state index in [0.717, 1.165) is 4.90 Å². The lowest BCUT2D eigenvalue weighted by molar-refractivity contribution is -0.352. The fourth-order valence-electron chi connectivity index (χ4n) is 10.9. The Hall–Kier alpha value is -7.04. The summed E-state index contributed by atoms with van der Waals surface area (Å²) in [6.45, 7) is -4.54. The first kappa shape index (κ1) is 66.9. The van der Waals surface area contributed by atoms with Gasteiger partial charge in [0.2, 0.25) is 41.7 Å². The van der Waals surface area contributed by atoms with Crippen LogP contribution in [0.2, 0.25) is 0 Å². The van der Waals surface area contributed by atoms with E-state index in [-0.39, 0.29) is 50.0 Å². The number of ether oxygens (including phenoxy) is 5. The average molecular weight is 1250 g/mol. The fourth-order valence-corrected chi connectivity index (χ4v) is 10.9. The van der Waals surface area contributed by atoms with Gasteiger partial charge in [0.1, 0.15) is 109 Å². The predicted molar refractivity (Wildman–Crippen MR) is 296 cm³/mol. The molecule has 35 nitrogen and oxygen atoms in total. The van der Waals surface area contributed by atoms with Gasteiger partial charge in [0.25, 0.3) is 0 Å². The maximum atomic E-state index is 15.0. The lowest BCUT2D eigenvalue weighted by Crippen LogP contribution is -2.66. The van der Waals surface area contributed by atoms with Crippen molar-refractivity contribution in [2.45, 2.75) is 160 Å². The molecule has 6 aliphatic rings. The van der Waals surface area contributed by atoms with Gasteiger partial charge >= 0.3 is 0 Å². The van der Waals surface area contributed by atoms with Crippen molar-refractivity contribution in [1.82, 2.24) is 42.1 Å². The van der Waals surface area contributed by atoms with Crippen LogP contribution >= 0.6 is 0 Å². The Balaban J connectivity index is 1.07. The van der Waals surface area contributed by atoms with E-state index in [1.165, 1.54) is 24.3 Å². The zero-order valence-corrected chi connectivity index (χ0v) is 47.0. The Kier molecular flexibility index (Phi) is 22.8. The highest BCUT2D eigenvalue weighted by molar-refractivity contribution is 5.98. The highest BCUT2D eigenvalue weighted by Gasteiger charge is 2.52. The number of hydrogen-bond donors (Lipinski definition) is 21. The number of aliphatic imine (C=N–C) groups is 2. The summed E-state index contributed by atoms with van der Waals surface area (Å²) in [4.78, 5) is 95.7. The SMILES string of the molecule is NC1=NCC(C[C@@H]2NC(=O)[C@@H](Cc3ccc(O[C@H]4O[C@H](CO)[C@@H](O[C@H]5O[C@H](CO)[C@@H](O)[C@H](O)[C@@H]5O)[C@H](O)[C@@H]4O)cc3)NC(=O)[C@H](Cc3ccccc3)NC(=O)CNC(=O)[C@H](CO)NC(=O)[C@@H](CC3CN=C(N)N3[C@H]3O[C@H](CO)[C@@H](O)[C@H](O)[C@@H]3O)NC2=O)N1. The van der Waals surface area contributed by atoms with E-state index in [0.29, 0.717) is 11.1 Å². The standard InChI is InChI=1S/C53H76N12O23/c54-52-57-14-23(59-52)12-28-47(82)63-29(13-24-15-58-53(55)65(24)49-40(76)37(73)35(71)31(18-67)85-49)48(83)64-30(17-66)44(79)56-16-34(70)60-26(10-21-4-2-1-3-5-21)45(80)61-27(46(81)62-28)11-22-6-8-25(9-7-22)84-50-42(78)39(75)43(33(20-69)87-50)88-51-41(77)38(74)36(72)32(19-68)86-51/h1-9,23-24,26-33,35-43,49-51,66-69,71-78H,10-20H2,(H2,55,58)(H,56,79)(H,60,70)(H,61,80)(H,62,81)(H,63,82)(H,64,83)(H3,54,57,59)/t23?,24?,26-,27+,28-,29+,30-,31+,32+,33+,35+,36+,37-,38-,39+,40-,41-,42-,43+,49-,50-,51+/m0/s1. The number of rotatable bonds is 17. The van der Waals surface area contributed by atoms with Gasteiger partial charge in [-0.1, -0.05) is 42.5 Å². The van der Waals surface area contributed by atoms with Crippen LogP contribution in [0, 0.1) is 0 Å². The molecule has 4 fully saturated rings. The highest BCUT2D eigenvalue weighted by atomic mass is 16.7. The van der Waals surface area contributed by atoms with Gasteiger partial charge in [0.15, 0.2) is 24.4 Å². The third kappa shape index (κ3) is 15.9. The van der Waals surface area contributed by atoms with E-state index < -0.39 is 209 Å². The van der Waals surface area contributed by atoms with Crippen LogP contribution < -0.4 is 53.4 Å². The molecule has 486 valence electrons. The molecule has 0 spiro atoms. The molecule has 8 rings (SSSR count). The molecule has 6 aliphatic heterocycles. The van der Waals surface area contributed by atoms with Gasteiger partial charge in [-0.3, -0.25) is 38.8 Å². The van der Waals surface area contributed by atoms with Crippen LogP contribution in [-0.4, -0.2) is 294 Å². The summed E-state index contributed by atoms with van der Waals surface area (Å²) >= 11 is 0. The molecule has 2 unspecified atom stereocenters. The van der Waals surface area contributed by atoms with Gasteiger partial charge in [0, 0.05) is 12.8 Å². The Labute approximate surface area is 501 Å². The summed E-state index contributed by atoms with van der Waals surface area (Å²) < 4.78 is 28.4. The third-order valence-corrected chi connectivity index (χ3v) is 15.8. The quantitative estimate of drug-likeness (QED) is 0.0699. The second kappa shape index (κ2) is 30.0. The zero-order valence-electron chi connectivity index (χ0n) is 47.0. The number of nitrogens with one attached hydrogen (secondary N) is 7. The summed E-state index contributed by atoms with van der Waals surface area (Å²) in [5.74, 6) is -6.35. The molecular formula is C53H76N12O23. The van der Waals surface area contributed by atoms with E-state index in [9.17, 15) is 90.0 Å². The van der Waals surface area contributed by atoms with Crippen molar-refractivity contribution in [2.24, 2.45) is 21.5 Å². The summed E-state index contributed by atoms with van der Waals surface area (Å²) in [5.41, 5.74) is 13.1. The summed E-state index contributed by atoms with van der Waals surface area (Å²) in [6.07, 6.45) is -27.1. The maximum absolute atomic E-state index is 15.0. The molecule has 4 saturated heterocycles. The number of nitrogens with two attached hydrogens (primary N) is 2. The summed E-state index contributed by atoms with van der Waals surface area (Å²) in [5, 5.41) is 144. The molecule has 6 amide bonds. The van der Waals surface area contributed by atoms with Gasteiger partial charge in [-0.2, -0.15) is 0 Å². The second-order valence-corrected chi connectivity index (χ2v) is 21.9. The van der Waals surface area contributed by atoms with E-state index in [4.69, 9.17) is 35.2 Å². The van der Waals surface area contributed by atoms with Crippen LogP contribution in [0.15, 0.2) is 64.6 Å². The van der Waals surface area contributed by atoms with Crippen molar-refractivity contribution in [3.8, 4) is 5.75 Å². The van der Waals surface area contributed by atoms with Crippen molar-refractivity contribution in [3.63, 3.8) is 0 Å². The topological polar surface area (TPSA) is 556 Å². The molecular weight excluding hydrogens is 1170 g/mol. The summed E-state index contributed by atoms with van der Waals surface area (Å²) in [6, 6.07) is 3.99. The molecule has 0 saturated carbocycles. The van der Waals surface area contributed by atoms with E-state index in [2.05, 4.69) is 47.2 Å². The molecule has 23 N–H and O–H groups in total. The van der Waals surface area contributed by atoms with Gasteiger partial charge in [-0.15, -0.1) is 0 Å². The van der Waals surface area contributed by atoms with Crippen molar-refractivity contribution >= 4 is 47.4 Å². The number of benzene rings is 2. The number of aliphatic hydroxyl groups excluding tert-OH is 12. The number of carbonyl (C=O) groups excluding carboxylic acids is 6. The maximum Gasteiger partial charge on any atom is 0.245 e.